The Kier molecular flexibility index (Phi) is 3.24. The molecule has 0 amide bonds. The van der Waals surface area contributed by atoms with Crippen molar-refractivity contribution >= 4 is 35.2 Å². The van der Waals surface area contributed by atoms with Crippen molar-refractivity contribution in [3.8, 4) is 11.3 Å². The summed E-state index contributed by atoms with van der Waals surface area (Å²) in [6.07, 6.45) is 0.996. The summed E-state index contributed by atoms with van der Waals surface area (Å²) in [5.41, 5.74) is 2.27. The van der Waals surface area contributed by atoms with Gasteiger partial charge in [0, 0.05) is 9.90 Å². The Morgan fingerprint density at radius 1 is 1.33 bits per heavy atom. The van der Waals surface area contributed by atoms with Crippen molar-refractivity contribution in [1.82, 2.24) is 4.98 Å². The number of thiazole rings is 1. The Balaban J connectivity index is 2.53. The molecule has 0 aliphatic rings. The van der Waals surface area contributed by atoms with Crippen molar-refractivity contribution in [2.45, 2.75) is 13.3 Å². The van der Waals surface area contributed by atoms with E-state index >= 15 is 0 Å². The quantitative estimate of drug-likeness (QED) is 0.770. The molecule has 2 aromatic rings. The molecule has 2 rings (SSSR count). The Morgan fingerprint density at radius 3 is 2.60 bits per heavy atom. The molecular formula is C11H10ClNS2. The lowest BCUT2D eigenvalue weighted by molar-refractivity contribution is 1.17. The molecule has 78 valence electrons. The molecule has 0 saturated heterocycles. The van der Waals surface area contributed by atoms with Gasteiger partial charge in [0.25, 0.3) is 0 Å². The van der Waals surface area contributed by atoms with Crippen molar-refractivity contribution in [2.75, 3.05) is 0 Å². The molecule has 0 unspecified atom stereocenters. The highest BCUT2D eigenvalue weighted by atomic mass is 35.5. The Bertz CT molecular complexity index is 510. The summed E-state index contributed by atoms with van der Waals surface area (Å²) in [6.45, 7) is 2.13. The second-order valence-electron chi connectivity index (χ2n) is 3.17. The van der Waals surface area contributed by atoms with Gasteiger partial charge in [0.15, 0.2) is 3.95 Å². The van der Waals surface area contributed by atoms with Gasteiger partial charge in [-0.25, -0.2) is 0 Å². The van der Waals surface area contributed by atoms with Gasteiger partial charge in [0.05, 0.1) is 5.69 Å². The Labute approximate surface area is 103 Å². The fourth-order valence-electron chi connectivity index (χ4n) is 1.46. The van der Waals surface area contributed by atoms with Crippen molar-refractivity contribution in [2.24, 2.45) is 0 Å². The van der Waals surface area contributed by atoms with Gasteiger partial charge in [-0.15, -0.1) is 11.3 Å². The Morgan fingerprint density at radius 2 is 2.00 bits per heavy atom. The van der Waals surface area contributed by atoms with Gasteiger partial charge in [0.1, 0.15) is 0 Å². The van der Waals surface area contributed by atoms with Gasteiger partial charge in [0.2, 0.25) is 0 Å². The van der Waals surface area contributed by atoms with Crippen LogP contribution in [0.25, 0.3) is 11.3 Å². The van der Waals surface area contributed by atoms with Gasteiger partial charge < -0.3 is 4.98 Å². The summed E-state index contributed by atoms with van der Waals surface area (Å²) in [7, 11) is 0. The lowest BCUT2D eigenvalue weighted by atomic mass is 10.1. The van der Waals surface area contributed by atoms with E-state index in [1.54, 1.807) is 11.3 Å². The highest BCUT2D eigenvalue weighted by molar-refractivity contribution is 7.73. The first kappa shape index (κ1) is 10.9. The monoisotopic (exact) mass is 255 g/mol. The number of aromatic amines is 1. The van der Waals surface area contributed by atoms with E-state index in [4.69, 9.17) is 23.8 Å². The zero-order chi connectivity index (χ0) is 10.8. The molecule has 0 fully saturated rings. The third-order valence-corrected chi connectivity index (χ3v) is 3.81. The highest BCUT2D eigenvalue weighted by Crippen LogP contribution is 2.27. The molecule has 1 nitrogen and oxygen atoms in total. The molecule has 1 heterocycles. The number of H-pyrrole nitrogens is 1. The lowest BCUT2D eigenvalue weighted by Crippen LogP contribution is -1.82. The molecule has 0 radical (unpaired) electrons. The molecule has 0 aliphatic heterocycles. The third-order valence-electron chi connectivity index (χ3n) is 2.18. The number of benzene rings is 1. The normalized spacial score (nSPS) is 10.5. The average Bonchev–Trinajstić information content (AvgIpc) is 2.61. The minimum absolute atomic E-state index is 0.755. The summed E-state index contributed by atoms with van der Waals surface area (Å²) < 4.78 is 0.830. The number of rotatable bonds is 2. The first-order chi connectivity index (χ1) is 7.20. The van der Waals surface area contributed by atoms with E-state index in [1.165, 1.54) is 4.88 Å². The van der Waals surface area contributed by atoms with Crippen LogP contribution in [-0.4, -0.2) is 4.98 Å². The molecule has 1 aromatic heterocycles. The topological polar surface area (TPSA) is 15.8 Å². The van der Waals surface area contributed by atoms with Crippen LogP contribution in [0.2, 0.25) is 5.02 Å². The smallest absolute Gasteiger partial charge is 0.159 e. The van der Waals surface area contributed by atoms with E-state index in [1.807, 2.05) is 24.3 Å². The van der Waals surface area contributed by atoms with Crippen molar-refractivity contribution in [3.63, 3.8) is 0 Å². The molecule has 0 spiro atoms. The molecule has 0 bridgehead atoms. The minimum atomic E-state index is 0.755. The third kappa shape index (κ3) is 2.30. The predicted octanol–water partition coefficient (Wildman–Crippen LogP) is 4.69. The van der Waals surface area contributed by atoms with E-state index in [0.29, 0.717) is 0 Å². The molecule has 0 saturated carbocycles. The fraction of sp³-hybridized carbons (Fsp3) is 0.182. The maximum Gasteiger partial charge on any atom is 0.159 e. The van der Waals surface area contributed by atoms with Gasteiger partial charge in [-0.1, -0.05) is 30.7 Å². The van der Waals surface area contributed by atoms with Crippen LogP contribution in [0.5, 0.6) is 0 Å². The fourth-order valence-corrected chi connectivity index (χ4v) is 2.78. The van der Waals surface area contributed by atoms with E-state index in [2.05, 4.69) is 11.9 Å². The first-order valence-electron chi connectivity index (χ1n) is 4.68. The summed E-state index contributed by atoms with van der Waals surface area (Å²) in [5, 5.41) is 0.755. The van der Waals surface area contributed by atoms with Crippen LogP contribution < -0.4 is 0 Å². The number of aromatic nitrogens is 1. The summed E-state index contributed by atoms with van der Waals surface area (Å²) in [6, 6.07) is 7.80. The molecule has 4 heteroatoms. The average molecular weight is 256 g/mol. The zero-order valence-corrected chi connectivity index (χ0v) is 10.6. The van der Waals surface area contributed by atoms with Crippen LogP contribution in [-0.2, 0) is 6.42 Å². The maximum atomic E-state index is 5.85. The van der Waals surface area contributed by atoms with E-state index < -0.39 is 0 Å². The van der Waals surface area contributed by atoms with Crippen LogP contribution >= 0.6 is 35.2 Å². The molecule has 1 aromatic carbocycles. The second-order valence-corrected chi connectivity index (χ2v) is 5.38. The van der Waals surface area contributed by atoms with Gasteiger partial charge in [-0.2, -0.15) is 0 Å². The van der Waals surface area contributed by atoms with Crippen LogP contribution in [0, 0.1) is 3.95 Å². The van der Waals surface area contributed by atoms with Crippen LogP contribution in [0.3, 0.4) is 0 Å². The maximum absolute atomic E-state index is 5.85. The summed E-state index contributed by atoms with van der Waals surface area (Å²) in [5.74, 6) is 0. The van der Waals surface area contributed by atoms with Crippen molar-refractivity contribution < 1.29 is 0 Å². The SMILES string of the molecule is CCc1sc(=S)[nH]c1-c1ccc(Cl)cc1. The van der Waals surface area contributed by atoms with Gasteiger partial charge in [-0.05, 0) is 36.3 Å². The number of hydrogen-bond acceptors (Lipinski definition) is 2. The minimum Gasteiger partial charge on any atom is -0.337 e. The number of halogens is 1. The molecular weight excluding hydrogens is 246 g/mol. The van der Waals surface area contributed by atoms with Gasteiger partial charge in [-0.3, -0.25) is 0 Å². The standard InChI is InChI=1S/C11H10ClNS2/c1-2-9-10(13-11(14)15-9)7-3-5-8(12)6-4-7/h3-6H,2H2,1H3,(H,13,14). The zero-order valence-electron chi connectivity index (χ0n) is 8.21. The molecule has 1 N–H and O–H groups in total. The molecule has 0 aliphatic carbocycles. The Hall–Kier alpha value is -0.640. The molecule has 0 atom stereocenters. The summed E-state index contributed by atoms with van der Waals surface area (Å²) >= 11 is 12.6. The van der Waals surface area contributed by atoms with E-state index in [0.717, 1.165) is 26.7 Å². The van der Waals surface area contributed by atoms with Crippen molar-refractivity contribution in [1.29, 1.82) is 0 Å². The second kappa shape index (κ2) is 4.47. The summed E-state index contributed by atoms with van der Waals surface area (Å²) in [4.78, 5) is 4.52. The van der Waals surface area contributed by atoms with Crippen molar-refractivity contribution in [3.05, 3.63) is 38.1 Å². The number of hydrogen-bond donors (Lipinski definition) is 1. The lowest BCUT2D eigenvalue weighted by Gasteiger charge is -2.00. The number of nitrogens with one attached hydrogen (secondary N) is 1. The van der Waals surface area contributed by atoms with Crippen LogP contribution in [0.1, 0.15) is 11.8 Å². The largest absolute Gasteiger partial charge is 0.337 e. The first-order valence-corrected chi connectivity index (χ1v) is 6.29. The highest BCUT2D eigenvalue weighted by Gasteiger charge is 2.06. The van der Waals surface area contributed by atoms with E-state index in [9.17, 15) is 0 Å². The van der Waals surface area contributed by atoms with Crippen LogP contribution in [0.15, 0.2) is 24.3 Å². The number of aryl methyl sites for hydroxylation is 1. The van der Waals surface area contributed by atoms with Crippen LogP contribution in [0.4, 0.5) is 0 Å². The van der Waals surface area contributed by atoms with E-state index in [-0.39, 0.29) is 0 Å². The molecule has 15 heavy (non-hydrogen) atoms. The predicted molar refractivity (Wildman–Crippen MR) is 69.3 cm³/mol. The van der Waals surface area contributed by atoms with Gasteiger partial charge >= 0.3 is 0 Å².